The zero-order valence-corrected chi connectivity index (χ0v) is 61.0. The second kappa shape index (κ2) is 19.9. The first kappa shape index (κ1) is 59.7. The maximum atomic E-state index is 17.0. The monoisotopic (exact) mass is 1480 g/mol. The van der Waals surface area contributed by atoms with Gasteiger partial charge in [-0.2, -0.15) is 0 Å². The van der Waals surface area contributed by atoms with Gasteiger partial charge >= 0.3 is 565 Å². The molecule has 8 unspecified atom stereocenters. The van der Waals surface area contributed by atoms with Crippen molar-refractivity contribution in [2.45, 2.75) is 75.6 Å². The molecule has 2 aliphatic heterocycles. The molecule has 10 aliphatic rings. The minimum atomic E-state index is -8.20. The average molecular weight is 1480 g/mol. The summed E-state index contributed by atoms with van der Waals surface area (Å²) in [7, 11) is 17.1. The van der Waals surface area contributed by atoms with E-state index in [9.17, 15) is 17.2 Å². The van der Waals surface area contributed by atoms with Gasteiger partial charge in [0, 0.05) is 0 Å². The predicted octanol–water partition coefficient (Wildman–Crippen LogP) is 23.9. The Morgan fingerprint density at radius 2 is 0.547 bits per heavy atom. The first-order valence-electron chi connectivity index (χ1n) is 33.5. The standard InChI is InChI=1S/2C43H34F2Si.2ClH.Hf/c2*1-26-20-38-32(30-22-28-12-4-6-16-34(28)40(44)24-30)14-8-10-18-36(38)42(26)46(3)43-27(2)21-39-33(15-9-11-19-37(39)43)31-23-29-13-5-7-17-35(29)41(45)25-31;;;/h2*4-25,32-33,46H,1-3H3;2*1H;/q;;;;+2/p-2. The van der Waals surface area contributed by atoms with Gasteiger partial charge in [0.2, 0.25) is 0 Å². The van der Waals surface area contributed by atoms with Crippen molar-refractivity contribution in [3.8, 4) is 0 Å². The molecule has 0 nitrogen and oxygen atoms in total. The van der Waals surface area contributed by atoms with Crippen LogP contribution in [0.3, 0.4) is 0 Å². The van der Waals surface area contributed by atoms with Gasteiger partial charge in [0.25, 0.3) is 0 Å². The topological polar surface area (TPSA) is 0 Å². The van der Waals surface area contributed by atoms with Crippen LogP contribution in [0, 0.1) is 23.3 Å². The van der Waals surface area contributed by atoms with Crippen LogP contribution >= 0.6 is 17.2 Å². The molecule has 0 amide bonds. The second-order valence-corrected chi connectivity index (χ2v) is 83.2. The van der Waals surface area contributed by atoms with E-state index in [1.807, 2.05) is 97.1 Å². The Labute approximate surface area is 560 Å². The predicted molar refractivity (Wildman–Crippen MR) is 391 cm³/mol. The van der Waals surface area contributed by atoms with Gasteiger partial charge in [0.15, 0.2) is 0 Å². The number of hydrogen-bond acceptors (Lipinski definition) is 0. The van der Waals surface area contributed by atoms with Gasteiger partial charge < -0.3 is 0 Å². The third-order valence-corrected chi connectivity index (χ3v) is 143. The van der Waals surface area contributed by atoms with Crippen LogP contribution in [0.25, 0.3) is 43.1 Å². The van der Waals surface area contributed by atoms with E-state index in [1.165, 1.54) is 0 Å². The summed E-state index contributed by atoms with van der Waals surface area (Å²) >= 11 is -8.20. The first-order chi connectivity index (χ1) is 45.9. The third-order valence-electron chi connectivity index (χ3n) is 25.9. The van der Waals surface area contributed by atoms with Crippen LogP contribution in [0.4, 0.5) is 17.6 Å². The van der Waals surface area contributed by atoms with E-state index in [4.69, 9.17) is 0 Å². The Bertz CT molecular complexity index is 4860. The van der Waals surface area contributed by atoms with Crippen molar-refractivity contribution >= 4 is 77.8 Å². The third kappa shape index (κ3) is 6.44. The summed E-state index contributed by atoms with van der Waals surface area (Å²) < 4.78 is 64.0. The number of halogens is 6. The minimum absolute atomic E-state index is 0.276. The van der Waals surface area contributed by atoms with Crippen LogP contribution in [0.15, 0.2) is 334 Å². The molecule has 0 radical (unpaired) electrons. The van der Waals surface area contributed by atoms with Gasteiger partial charge in [-0.15, -0.1) is 0 Å². The summed E-state index contributed by atoms with van der Waals surface area (Å²) in [6.45, 7) is 14.5. The van der Waals surface area contributed by atoms with Crippen LogP contribution in [-0.2, 0) is 14.7 Å². The summed E-state index contributed by atoms with van der Waals surface area (Å²) in [5, 5.41) is 5.58. The van der Waals surface area contributed by atoms with Crippen LogP contribution in [0.2, 0.25) is 24.3 Å². The molecule has 8 aromatic rings. The molecule has 95 heavy (non-hydrogen) atoms. The summed E-state index contributed by atoms with van der Waals surface area (Å²) in [5.74, 6) is -2.68. The van der Waals surface area contributed by atoms with Gasteiger partial charge in [-0.05, 0) is 0 Å². The van der Waals surface area contributed by atoms with Crippen molar-refractivity contribution in [1.82, 2.24) is 0 Å². The van der Waals surface area contributed by atoms with Crippen molar-refractivity contribution in [2.24, 2.45) is 0 Å². The zero-order chi connectivity index (χ0) is 65.2. The van der Waals surface area contributed by atoms with Gasteiger partial charge in [0.05, 0.1) is 0 Å². The molecule has 2 heterocycles. The van der Waals surface area contributed by atoms with Gasteiger partial charge in [-0.25, -0.2) is 0 Å². The van der Waals surface area contributed by atoms with Crippen LogP contribution in [-0.4, -0.2) is 17.6 Å². The normalized spacial score (nSPS) is 31.3. The number of rotatable bonds is 4. The number of allylic oxidation sites excluding steroid dienone is 32. The molecule has 0 N–H and O–H groups in total. The summed E-state index contributed by atoms with van der Waals surface area (Å²) in [6.07, 6.45) is 45.5. The molecule has 0 bridgehead atoms. The quantitative estimate of drug-likeness (QED) is 0.122. The molecule has 466 valence electrons. The van der Waals surface area contributed by atoms with Crippen molar-refractivity contribution in [3.05, 3.63) is 380 Å². The molecule has 0 saturated carbocycles. The fourth-order valence-corrected chi connectivity index (χ4v) is 195. The number of hydrogen-bond donors (Lipinski definition) is 0. The molecule has 8 atom stereocenters. The van der Waals surface area contributed by atoms with Crippen molar-refractivity contribution in [1.29, 1.82) is 0 Å². The molecule has 5 spiro atoms. The number of benzene rings is 8. The summed E-state index contributed by atoms with van der Waals surface area (Å²) in [4.78, 5) is 0. The Morgan fingerprint density at radius 1 is 0.326 bits per heavy atom. The van der Waals surface area contributed by atoms with Gasteiger partial charge in [-0.3, -0.25) is 0 Å². The summed E-state index contributed by atoms with van der Waals surface area (Å²) in [6, 6.07) is 46.4. The molecule has 9 heteroatoms. The van der Waals surface area contributed by atoms with E-state index >= 15 is 17.6 Å². The van der Waals surface area contributed by atoms with E-state index in [0.29, 0.717) is 21.5 Å². The van der Waals surface area contributed by atoms with Crippen LogP contribution < -0.4 is 0 Å². The Kier molecular flexibility index (Phi) is 12.5. The van der Waals surface area contributed by atoms with E-state index in [1.54, 1.807) is 24.3 Å². The molecule has 0 aromatic heterocycles. The zero-order valence-electron chi connectivity index (χ0n) is 53.6. The van der Waals surface area contributed by atoms with Crippen molar-refractivity contribution in [3.63, 3.8) is 0 Å². The Morgan fingerprint density at radius 3 is 0.779 bits per heavy atom. The number of fused-ring (bicyclic) bond motifs is 12. The molecular weight excluding hydrogens is 1410 g/mol. The Hall–Kier alpha value is -7.76. The molecule has 18 rings (SSSR count). The molecule has 8 aromatic carbocycles. The Balaban J connectivity index is 1.02. The maximum absolute atomic E-state index is 17.0. The molecular formula is C86H68Cl2F4HfSi2. The van der Waals surface area contributed by atoms with E-state index in [0.717, 1.165) is 111 Å². The molecule has 2 saturated heterocycles. The average Bonchev–Trinajstić information content (AvgIpc) is 1.52. The first-order valence-corrected chi connectivity index (χ1v) is 54.2. The summed E-state index contributed by atoms with van der Waals surface area (Å²) in [5.41, 5.74) is 16.7. The second-order valence-electron chi connectivity index (χ2n) is 28.8. The van der Waals surface area contributed by atoms with Crippen molar-refractivity contribution < 1.29 is 32.2 Å². The van der Waals surface area contributed by atoms with Crippen molar-refractivity contribution in [2.75, 3.05) is 0 Å². The molecule has 8 aliphatic carbocycles. The molecule has 2 fully saturated rings. The van der Waals surface area contributed by atoms with Crippen LogP contribution in [0.1, 0.15) is 73.6 Å². The van der Waals surface area contributed by atoms with Gasteiger partial charge in [0.1, 0.15) is 0 Å². The fourth-order valence-electron chi connectivity index (χ4n) is 23.8. The van der Waals surface area contributed by atoms with E-state index < -0.39 is 67.1 Å². The van der Waals surface area contributed by atoms with E-state index in [2.05, 4.69) is 187 Å². The van der Waals surface area contributed by atoms with Crippen LogP contribution in [0.5, 0.6) is 0 Å². The SMILES string of the molecule is CC1=CC2=C(C=CC=CC2c2cc(F)c3ccccc3c2)[C]12[SiH](C)[C]1(C(C)=CC3=C1C=CC=CC3c1cc(F)c3ccccc3c1)[Hf]21([Cl])([Cl])[C]2(C(C)=CC3=C2C=CC=CC3c2cc(F)c3ccccc3c2)[SiH](C)[C]12C(C)=CC1=C2C=CC=CC1c1cc(F)c2ccccc2c1. The van der Waals surface area contributed by atoms with E-state index in [-0.39, 0.29) is 23.3 Å². The fraction of sp³-hybridized carbons (Fsp3) is 0.163. The van der Waals surface area contributed by atoms with Gasteiger partial charge in [-0.1, -0.05) is 0 Å².